The highest BCUT2D eigenvalue weighted by atomic mass is 32.2. The molecule has 2 heterocycles. The van der Waals surface area contributed by atoms with Crippen LogP contribution in [0.15, 0.2) is 29.3 Å². The summed E-state index contributed by atoms with van der Waals surface area (Å²) in [4.78, 5) is 16.9. The van der Waals surface area contributed by atoms with E-state index in [1.165, 1.54) is 4.31 Å². The van der Waals surface area contributed by atoms with Crippen molar-refractivity contribution in [1.82, 2.24) is 19.2 Å². The number of hydrogen-bond acceptors (Lipinski definition) is 5. The Kier molecular flexibility index (Phi) is 6.40. The summed E-state index contributed by atoms with van der Waals surface area (Å²) >= 11 is 0. The zero-order valence-corrected chi connectivity index (χ0v) is 18.1. The SMILES string of the molecule is COCCNC(=O)Cc1cn2c(n1)[C@H](C)N(S(=O)(=O)c1cc(C)cc(C)c1)CC2. The summed E-state index contributed by atoms with van der Waals surface area (Å²) < 4.78 is 34.9. The minimum atomic E-state index is -3.64. The average Bonchev–Trinajstić information content (AvgIpc) is 3.04. The number of carbonyl (C=O) groups excluding carboxylic acids is 1. The summed E-state index contributed by atoms with van der Waals surface area (Å²) in [7, 11) is -2.06. The van der Waals surface area contributed by atoms with Gasteiger partial charge in [0.2, 0.25) is 15.9 Å². The summed E-state index contributed by atoms with van der Waals surface area (Å²) in [5, 5.41) is 2.77. The van der Waals surface area contributed by atoms with Crippen LogP contribution >= 0.6 is 0 Å². The first-order chi connectivity index (χ1) is 13.7. The van der Waals surface area contributed by atoms with Crippen molar-refractivity contribution in [3.8, 4) is 0 Å². The molecule has 1 amide bonds. The van der Waals surface area contributed by atoms with E-state index in [0.29, 0.717) is 42.7 Å². The molecule has 0 saturated heterocycles. The molecule has 29 heavy (non-hydrogen) atoms. The number of methoxy groups -OCH3 is 1. The van der Waals surface area contributed by atoms with E-state index in [2.05, 4.69) is 10.3 Å². The third-order valence-corrected chi connectivity index (χ3v) is 6.94. The summed E-state index contributed by atoms with van der Waals surface area (Å²) in [6.45, 7) is 7.38. The molecular formula is C20H28N4O4S. The van der Waals surface area contributed by atoms with E-state index in [4.69, 9.17) is 4.74 Å². The molecule has 1 aliphatic rings. The monoisotopic (exact) mass is 420 g/mol. The zero-order valence-electron chi connectivity index (χ0n) is 17.3. The molecule has 1 N–H and O–H groups in total. The number of nitrogens with zero attached hydrogens (tertiary/aromatic N) is 3. The largest absolute Gasteiger partial charge is 0.383 e. The van der Waals surface area contributed by atoms with Crippen LogP contribution in [0.3, 0.4) is 0 Å². The van der Waals surface area contributed by atoms with Gasteiger partial charge in [-0.1, -0.05) is 6.07 Å². The first-order valence-corrected chi connectivity index (χ1v) is 11.1. The van der Waals surface area contributed by atoms with Crippen molar-refractivity contribution in [3.05, 3.63) is 47.0 Å². The number of benzene rings is 1. The van der Waals surface area contributed by atoms with Crippen LogP contribution in [0.5, 0.6) is 0 Å². The first-order valence-electron chi connectivity index (χ1n) is 9.64. The van der Waals surface area contributed by atoms with Crippen LogP contribution in [0.2, 0.25) is 0 Å². The molecule has 0 saturated carbocycles. The van der Waals surface area contributed by atoms with Gasteiger partial charge >= 0.3 is 0 Å². The lowest BCUT2D eigenvalue weighted by atomic mass is 10.2. The standard InChI is InChI=1S/C20H28N4O4S/c1-14-9-15(2)11-18(10-14)29(26,27)24-7-6-23-13-17(22-20(23)16(24)3)12-19(25)21-5-8-28-4/h9-11,13,16H,5-8,12H2,1-4H3,(H,21,25)/t16-/m0/s1. The number of sulfonamides is 1. The number of ether oxygens (including phenoxy) is 1. The highest BCUT2D eigenvalue weighted by molar-refractivity contribution is 7.89. The molecule has 0 fully saturated rings. The van der Waals surface area contributed by atoms with Gasteiger partial charge in [-0.15, -0.1) is 0 Å². The fraction of sp³-hybridized carbons (Fsp3) is 0.500. The smallest absolute Gasteiger partial charge is 0.243 e. The summed E-state index contributed by atoms with van der Waals surface area (Å²) in [5.41, 5.74) is 2.46. The molecule has 1 aromatic heterocycles. The summed E-state index contributed by atoms with van der Waals surface area (Å²) in [6, 6.07) is 4.94. The minimum absolute atomic E-state index is 0.134. The Morgan fingerprint density at radius 3 is 2.59 bits per heavy atom. The Labute approximate surface area is 171 Å². The van der Waals surface area contributed by atoms with Gasteiger partial charge in [0.15, 0.2) is 0 Å². The number of carbonyl (C=O) groups is 1. The molecule has 0 spiro atoms. The fourth-order valence-corrected chi connectivity index (χ4v) is 5.45. The third-order valence-electron chi connectivity index (χ3n) is 5.00. The first kappa shape index (κ1) is 21.5. The van der Waals surface area contributed by atoms with Crippen LogP contribution < -0.4 is 5.32 Å². The van der Waals surface area contributed by atoms with Crippen molar-refractivity contribution in [2.45, 2.75) is 44.7 Å². The quantitative estimate of drug-likeness (QED) is 0.687. The second-order valence-electron chi connectivity index (χ2n) is 7.42. The van der Waals surface area contributed by atoms with Gasteiger partial charge in [-0.05, 0) is 44.0 Å². The number of amides is 1. The van der Waals surface area contributed by atoms with Gasteiger partial charge in [-0.2, -0.15) is 4.31 Å². The lowest BCUT2D eigenvalue weighted by molar-refractivity contribution is -0.120. The van der Waals surface area contributed by atoms with E-state index in [1.54, 1.807) is 19.2 Å². The minimum Gasteiger partial charge on any atom is -0.383 e. The Morgan fingerprint density at radius 1 is 1.24 bits per heavy atom. The molecule has 0 radical (unpaired) electrons. The van der Waals surface area contributed by atoms with Gasteiger partial charge in [0.05, 0.1) is 29.7 Å². The molecule has 8 nitrogen and oxygen atoms in total. The maximum atomic E-state index is 13.3. The number of hydrogen-bond donors (Lipinski definition) is 1. The summed E-state index contributed by atoms with van der Waals surface area (Å²) in [6.07, 6.45) is 1.99. The normalized spacial score (nSPS) is 17.2. The number of fused-ring (bicyclic) bond motifs is 1. The maximum absolute atomic E-state index is 13.3. The van der Waals surface area contributed by atoms with E-state index in [-0.39, 0.29) is 12.3 Å². The second-order valence-corrected chi connectivity index (χ2v) is 9.31. The van der Waals surface area contributed by atoms with E-state index < -0.39 is 16.1 Å². The van der Waals surface area contributed by atoms with Gasteiger partial charge in [-0.3, -0.25) is 4.79 Å². The average molecular weight is 421 g/mol. The van der Waals surface area contributed by atoms with Gasteiger partial charge in [0.25, 0.3) is 0 Å². The van der Waals surface area contributed by atoms with Crippen LogP contribution in [0.1, 0.15) is 35.6 Å². The highest BCUT2D eigenvalue weighted by Crippen LogP contribution is 2.31. The predicted molar refractivity (Wildman–Crippen MR) is 109 cm³/mol. The second kappa shape index (κ2) is 8.64. The predicted octanol–water partition coefficient (Wildman–Crippen LogP) is 1.57. The zero-order chi connectivity index (χ0) is 21.2. The van der Waals surface area contributed by atoms with Crippen molar-refractivity contribution >= 4 is 15.9 Å². The van der Waals surface area contributed by atoms with Gasteiger partial charge < -0.3 is 14.6 Å². The molecule has 3 rings (SSSR count). The molecule has 1 aromatic carbocycles. The summed E-state index contributed by atoms with van der Waals surface area (Å²) in [5.74, 6) is 0.522. The topological polar surface area (TPSA) is 93.5 Å². The van der Waals surface area contributed by atoms with Gasteiger partial charge in [-0.25, -0.2) is 13.4 Å². The Morgan fingerprint density at radius 2 is 1.93 bits per heavy atom. The van der Waals surface area contributed by atoms with Crippen LogP contribution in [0, 0.1) is 13.8 Å². The van der Waals surface area contributed by atoms with Crippen molar-refractivity contribution in [3.63, 3.8) is 0 Å². The highest BCUT2D eigenvalue weighted by Gasteiger charge is 2.35. The van der Waals surface area contributed by atoms with Crippen molar-refractivity contribution < 1.29 is 17.9 Å². The molecule has 158 valence electrons. The van der Waals surface area contributed by atoms with E-state index >= 15 is 0 Å². The van der Waals surface area contributed by atoms with Crippen LogP contribution in [0.25, 0.3) is 0 Å². The van der Waals surface area contributed by atoms with E-state index in [1.807, 2.05) is 37.6 Å². The maximum Gasteiger partial charge on any atom is 0.243 e. The number of nitrogens with one attached hydrogen (secondary N) is 1. The number of rotatable bonds is 7. The molecule has 2 aromatic rings. The van der Waals surface area contributed by atoms with Crippen LogP contribution in [-0.4, -0.2) is 55.0 Å². The molecule has 0 bridgehead atoms. The number of aryl methyl sites for hydroxylation is 2. The van der Waals surface area contributed by atoms with Crippen molar-refractivity contribution in [2.24, 2.45) is 0 Å². The van der Waals surface area contributed by atoms with Crippen LogP contribution in [0.4, 0.5) is 0 Å². The Balaban J connectivity index is 1.79. The van der Waals surface area contributed by atoms with E-state index in [0.717, 1.165) is 11.1 Å². The lowest BCUT2D eigenvalue weighted by Gasteiger charge is -2.32. The fourth-order valence-electron chi connectivity index (χ4n) is 3.68. The Hall–Kier alpha value is -2.23. The molecule has 0 aliphatic carbocycles. The molecule has 1 aliphatic heterocycles. The van der Waals surface area contributed by atoms with Crippen molar-refractivity contribution in [1.29, 1.82) is 0 Å². The molecule has 0 unspecified atom stereocenters. The van der Waals surface area contributed by atoms with Crippen LogP contribution in [-0.2, 0) is 32.5 Å². The Bertz CT molecular complexity index is 980. The lowest BCUT2D eigenvalue weighted by Crippen LogP contribution is -2.41. The molecule has 1 atom stereocenters. The molecular weight excluding hydrogens is 392 g/mol. The number of aromatic nitrogens is 2. The van der Waals surface area contributed by atoms with Gasteiger partial charge in [0.1, 0.15) is 5.82 Å². The van der Waals surface area contributed by atoms with E-state index in [9.17, 15) is 13.2 Å². The van der Waals surface area contributed by atoms with Crippen molar-refractivity contribution in [2.75, 3.05) is 26.8 Å². The van der Waals surface area contributed by atoms with Gasteiger partial charge in [0, 0.05) is 32.9 Å². The molecule has 9 heteroatoms. The third kappa shape index (κ3) is 4.68. The number of imidazole rings is 1.